The largest absolute Gasteiger partial charge is 0.381 e. The Bertz CT molecular complexity index is 1510. The van der Waals surface area contributed by atoms with Crippen LogP contribution >= 0.6 is 0 Å². The van der Waals surface area contributed by atoms with Gasteiger partial charge < -0.3 is 24.4 Å². The SMILES string of the molecule is COC1CC(N(C)C(=O)c2ccc(-c3c[nH]c4ncc(-c5cc(C)c(N6CCN(C)CC6)c(C)c5)cc34)cc2)C1. The predicted molar refractivity (Wildman–Crippen MR) is 162 cm³/mol. The molecule has 6 rings (SSSR count). The Hall–Kier alpha value is -3.68. The molecule has 0 bridgehead atoms. The van der Waals surface area contributed by atoms with Crippen molar-refractivity contribution in [2.75, 3.05) is 52.3 Å². The summed E-state index contributed by atoms with van der Waals surface area (Å²) >= 11 is 0. The molecular weight excluding hydrogens is 498 g/mol. The van der Waals surface area contributed by atoms with Gasteiger partial charge in [-0.15, -0.1) is 0 Å². The maximum atomic E-state index is 13.0. The van der Waals surface area contributed by atoms with Crippen LogP contribution in [0.2, 0.25) is 0 Å². The number of nitrogens with one attached hydrogen (secondary N) is 1. The maximum Gasteiger partial charge on any atom is 0.253 e. The molecule has 7 nitrogen and oxygen atoms in total. The summed E-state index contributed by atoms with van der Waals surface area (Å²) in [7, 11) is 5.82. The van der Waals surface area contributed by atoms with Gasteiger partial charge in [0.15, 0.2) is 0 Å². The van der Waals surface area contributed by atoms with Gasteiger partial charge in [0.05, 0.1) is 6.10 Å². The fourth-order valence-electron chi connectivity index (χ4n) is 6.26. The predicted octanol–water partition coefficient (Wildman–Crippen LogP) is 5.51. The van der Waals surface area contributed by atoms with E-state index < -0.39 is 0 Å². The number of benzene rings is 2. The summed E-state index contributed by atoms with van der Waals surface area (Å²) in [6.07, 6.45) is 6.04. The second kappa shape index (κ2) is 10.7. The Balaban J connectivity index is 1.25. The van der Waals surface area contributed by atoms with Gasteiger partial charge in [-0.3, -0.25) is 4.79 Å². The molecule has 2 fully saturated rings. The monoisotopic (exact) mass is 537 g/mol. The Kier molecular flexibility index (Phi) is 7.11. The van der Waals surface area contributed by atoms with Crippen LogP contribution in [-0.2, 0) is 4.74 Å². The number of carbonyl (C=O) groups is 1. The van der Waals surface area contributed by atoms with E-state index in [-0.39, 0.29) is 18.1 Å². The third-order valence-electron chi connectivity index (χ3n) is 8.89. The highest BCUT2D eigenvalue weighted by Gasteiger charge is 2.34. The minimum absolute atomic E-state index is 0.0553. The number of amides is 1. The lowest BCUT2D eigenvalue weighted by molar-refractivity contribution is -0.0144. The summed E-state index contributed by atoms with van der Waals surface area (Å²) in [5.74, 6) is 0.0553. The molecule has 1 N–H and O–H groups in total. The van der Waals surface area contributed by atoms with Gasteiger partial charge in [0.1, 0.15) is 5.65 Å². The average Bonchev–Trinajstić information content (AvgIpc) is 3.36. The zero-order valence-electron chi connectivity index (χ0n) is 24.2. The van der Waals surface area contributed by atoms with E-state index in [2.05, 4.69) is 53.9 Å². The first-order valence-corrected chi connectivity index (χ1v) is 14.2. The second-order valence-electron chi connectivity index (χ2n) is 11.5. The molecule has 1 amide bonds. The zero-order chi connectivity index (χ0) is 28.0. The van der Waals surface area contributed by atoms with Crippen LogP contribution in [0.1, 0.15) is 34.3 Å². The van der Waals surface area contributed by atoms with Gasteiger partial charge in [0, 0.05) is 86.5 Å². The first-order valence-electron chi connectivity index (χ1n) is 14.2. The average molecular weight is 538 g/mol. The summed E-state index contributed by atoms with van der Waals surface area (Å²) in [5.41, 5.74) is 9.97. The third-order valence-corrected chi connectivity index (χ3v) is 8.89. The Morgan fingerprint density at radius 1 is 0.975 bits per heavy atom. The van der Waals surface area contributed by atoms with E-state index >= 15 is 0 Å². The standard InChI is InChI=1S/C33H39N5O2/c1-21-14-25(15-22(2)31(21)38-12-10-36(3)11-13-38)26-16-29-30(20-35-32(29)34-19-26)23-6-8-24(9-7-23)33(39)37(4)27-17-28(18-27)40-5/h6-9,14-16,19-20,27-28H,10-13,17-18H2,1-5H3,(H,34,35). The molecule has 2 aromatic carbocycles. The Morgan fingerprint density at radius 2 is 1.65 bits per heavy atom. The number of ether oxygens (including phenoxy) is 1. The lowest BCUT2D eigenvalue weighted by Gasteiger charge is -2.40. The van der Waals surface area contributed by atoms with Crippen LogP contribution in [0.3, 0.4) is 0 Å². The van der Waals surface area contributed by atoms with E-state index in [1.54, 1.807) is 7.11 Å². The number of nitrogens with zero attached hydrogens (tertiary/aromatic N) is 4. The van der Waals surface area contributed by atoms with E-state index in [4.69, 9.17) is 9.72 Å². The van der Waals surface area contributed by atoms with Crippen molar-refractivity contribution in [2.45, 2.75) is 38.8 Å². The van der Waals surface area contributed by atoms with Crippen molar-refractivity contribution >= 4 is 22.6 Å². The Morgan fingerprint density at radius 3 is 2.30 bits per heavy atom. The zero-order valence-corrected chi connectivity index (χ0v) is 24.2. The van der Waals surface area contributed by atoms with Gasteiger partial charge in [-0.2, -0.15) is 0 Å². The number of hydrogen-bond donors (Lipinski definition) is 1. The van der Waals surface area contributed by atoms with E-state index in [0.717, 1.165) is 66.7 Å². The van der Waals surface area contributed by atoms with Crippen LogP contribution in [0.25, 0.3) is 33.3 Å². The summed E-state index contributed by atoms with van der Waals surface area (Å²) in [6.45, 7) is 8.76. The molecule has 2 aromatic heterocycles. The molecular formula is C33H39N5O2. The van der Waals surface area contributed by atoms with Gasteiger partial charge >= 0.3 is 0 Å². The van der Waals surface area contributed by atoms with Crippen LogP contribution in [0.5, 0.6) is 0 Å². The molecule has 3 heterocycles. The van der Waals surface area contributed by atoms with E-state index in [9.17, 15) is 4.79 Å². The third kappa shape index (κ3) is 4.88. The summed E-state index contributed by atoms with van der Waals surface area (Å²) in [5, 5.41) is 1.08. The van der Waals surface area contributed by atoms with Crippen molar-refractivity contribution in [3.63, 3.8) is 0 Å². The molecule has 1 aliphatic carbocycles. The number of aryl methyl sites for hydroxylation is 2. The van der Waals surface area contributed by atoms with Crippen molar-refractivity contribution < 1.29 is 9.53 Å². The number of H-pyrrole nitrogens is 1. The molecule has 208 valence electrons. The quantitative estimate of drug-likeness (QED) is 0.351. The number of piperazine rings is 1. The van der Waals surface area contributed by atoms with Gasteiger partial charge in [0.25, 0.3) is 5.91 Å². The van der Waals surface area contributed by atoms with Crippen molar-refractivity contribution in [3.8, 4) is 22.3 Å². The van der Waals surface area contributed by atoms with Gasteiger partial charge in [-0.25, -0.2) is 4.98 Å². The van der Waals surface area contributed by atoms with Crippen molar-refractivity contribution in [3.05, 3.63) is 71.5 Å². The molecule has 7 heteroatoms. The van der Waals surface area contributed by atoms with Crippen LogP contribution in [0.15, 0.2) is 54.9 Å². The number of hydrogen-bond acceptors (Lipinski definition) is 5. The topological polar surface area (TPSA) is 64.7 Å². The van der Waals surface area contributed by atoms with Crippen molar-refractivity contribution in [1.29, 1.82) is 0 Å². The lowest BCUT2D eigenvalue weighted by Crippen LogP contribution is -2.48. The minimum Gasteiger partial charge on any atom is -0.381 e. The van der Waals surface area contributed by atoms with Crippen LogP contribution < -0.4 is 4.90 Å². The van der Waals surface area contributed by atoms with Crippen LogP contribution in [-0.4, -0.2) is 85.2 Å². The highest BCUT2D eigenvalue weighted by molar-refractivity contribution is 5.98. The van der Waals surface area contributed by atoms with Crippen LogP contribution in [0.4, 0.5) is 5.69 Å². The number of likely N-dealkylation sites (N-methyl/N-ethyl adjacent to an activating group) is 1. The van der Waals surface area contributed by atoms with Crippen molar-refractivity contribution in [2.24, 2.45) is 0 Å². The van der Waals surface area contributed by atoms with E-state index in [0.29, 0.717) is 5.56 Å². The number of pyridine rings is 1. The molecule has 0 spiro atoms. The number of fused-ring (bicyclic) bond motifs is 1. The number of aromatic nitrogens is 2. The fourth-order valence-corrected chi connectivity index (χ4v) is 6.26. The summed E-state index contributed by atoms with van der Waals surface area (Å²) in [4.78, 5) is 27.9. The molecule has 2 aliphatic rings. The molecule has 0 unspecified atom stereocenters. The number of rotatable bonds is 6. The molecule has 4 aromatic rings. The molecule has 1 saturated carbocycles. The maximum absolute atomic E-state index is 13.0. The fraction of sp³-hybridized carbons (Fsp3) is 0.394. The first-order chi connectivity index (χ1) is 19.3. The highest BCUT2D eigenvalue weighted by Crippen LogP contribution is 2.35. The molecule has 0 radical (unpaired) electrons. The molecule has 1 saturated heterocycles. The van der Waals surface area contributed by atoms with Gasteiger partial charge in [-0.1, -0.05) is 12.1 Å². The normalized spacial score (nSPS) is 19.6. The molecule has 1 aliphatic heterocycles. The lowest BCUT2D eigenvalue weighted by atomic mass is 9.87. The number of carbonyl (C=O) groups excluding carboxylic acids is 1. The smallest absolute Gasteiger partial charge is 0.253 e. The minimum atomic E-state index is 0.0553. The van der Waals surface area contributed by atoms with E-state index in [1.165, 1.54) is 22.4 Å². The summed E-state index contributed by atoms with van der Waals surface area (Å²) in [6, 6.07) is 15.0. The van der Waals surface area contributed by atoms with E-state index in [1.807, 2.05) is 48.6 Å². The molecule has 0 atom stereocenters. The number of anilines is 1. The summed E-state index contributed by atoms with van der Waals surface area (Å²) < 4.78 is 5.38. The van der Waals surface area contributed by atoms with Gasteiger partial charge in [-0.05, 0) is 86.3 Å². The Labute approximate surface area is 236 Å². The van der Waals surface area contributed by atoms with Crippen LogP contribution in [0, 0.1) is 13.8 Å². The molecule has 40 heavy (non-hydrogen) atoms. The number of methoxy groups -OCH3 is 1. The second-order valence-corrected chi connectivity index (χ2v) is 11.5. The first kappa shape index (κ1) is 26.5. The highest BCUT2D eigenvalue weighted by atomic mass is 16.5. The van der Waals surface area contributed by atoms with Crippen molar-refractivity contribution in [1.82, 2.24) is 19.8 Å². The van der Waals surface area contributed by atoms with Gasteiger partial charge in [0.2, 0.25) is 0 Å². The number of aromatic amines is 1.